The molecule has 1 aromatic heterocycles. The van der Waals surface area contributed by atoms with Crippen molar-refractivity contribution in [3.05, 3.63) is 24.3 Å². The molecule has 1 aromatic rings. The van der Waals surface area contributed by atoms with Gasteiger partial charge in [-0.05, 0) is 0 Å². The number of aryl methyl sites for hydroxylation is 1. The van der Waals surface area contributed by atoms with E-state index in [4.69, 9.17) is 0 Å². The monoisotopic (exact) mass is 222 g/mol. The summed E-state index contributed by atoms with van der Waals surface area (Å²) in [6.07, 6.45) is 5.17. The van der Waals surface area contributed by atoms with E-state index >= 15 is 0 Å². The van der Waals surface area contributed by atoms with Gasteiger partial charge in [-0.3, -0.25) is 0 Å². The van der Waals surface area contributed by atoms with Crippen LogP contribution in [-0.4, -0.2) is 9.97 Å². The van der Waals surface area contributed by atoms with Crippen LogP contribution in [0.5, 0.6) is 0 Å². The van der Waals surface area contributed by atoms with Crippen molar-refractivity contribution in [1.29, 1.82) is 0 Å². The van der Waals surface area contributed by atoms with Crippen LogP contribution in [0.15, 0.2) is 12.3 Å². The first-order valence-electron chi connectivity index (χ1n) is 3.61. The van der Waals surface area contributed by atoms with Gasteiger partial charge in [0.25, 0.3) is 0 Å². The van der Waals surface area contributed by atoms with Gasteiger partial charge in [-0.2, -0.15) is 0 Å². The number of hydrogen-bond donors (Lipinski definition) is 0. The molecule has 0 unspecified atom stereocenters. The number of aromatic nitrogens is 2. The van der Waals surface area contributed by atoms with E-state index < -0.39 is 0 Å². The molecule has 1 rings (SSSR count). The van der Waals surface area contributed by atoms with E-state index in [-0.39, 0.29) is 58.2 Å². The summed E-state index contributed by atoms with van der Waals surface area (Å²) in [6.45, 7) is 6.05. The second-order valence-electron chi connectivity index (χ2n) is 1.50. The number of hydrogen-bond acceptors (Lipinski definition) is 2. The molecule has 11 heavy (non-hydrogen) atoms. The Morgan fingerprint density at radius 3 is 2.36 bits per heavy atom. The van der Waals surface area contributed by atoms with E-state index in [1.165, 1.54) is 0 Å². The second-order valence-corrected chi connectivity index (χ2v) is 1.50. The van der Waals surface area contributed by atoms with Crippen LogP contribution in [0, 0.1) is 6.33 Å². The van der Waals surface area contributed by atoms with Crippen LogP contribution >= 0.6 is 0 Å². The summed E-state index contributed by atoms with van der Waals surface area (Å²) in [5.41, 5.74) is 1.04. The van der Waals surface area contributed by atoms with E-state index in [0.29, 0.717) is 0 Å². The third kappa shape index (κ3) is 7.25. The van der Waals surface area contributed by atoms with Crippen LogP contribution in [0.3, 0.4) is 0 Å². The molecule has 0 radical (unpaired) electrons. The summed E-state index contributed by atoms with van der Waals surface area (Å²) in [6, 6.07) is 1.89. The Hall–Kier alpha value is 0.885. The summed E-state index contributed by atoms with van der Waals surface area (Å²) in [5.74, 6) is 0. The third-order valence-electron chi connectivity index (χ3n) is 0.955. The molecule has 1 heterocycles. The molecule has 0 bridgehead atoms. The molecule has 0 aliphatic heterocycles. The first-order valence-corrected chi connectivity index (χ1v) is 3.61. The molecule has 0 saturated heterocycles. The molecule has 0 saturated carbocycles. The Morgan fingerprint density at radius 2 is 2.09 bits per heavy atom. The molecular weight excluding hydrogens is 210 g/mol. The molecule has 0 fully saturated rings. The molecular formula is C8H13N2Rb. The second kappa shape index (κ2) is 10.9. The molecule has 2 nitrogen and oxygen atoms in total. The fourth-order valence-corrected chi connectivity index (χ4v) is 0.484. The van der Waals surface area contributed by atoms with Gasteiger partial charge in [0.2, 0.25) is 0 Å². The Morgan fingerprint density at radius 1 is 1.45 bits per heavy atom. The summed E-state index contributed by atoms with van der Waals surface area (Å²) < 4.78 is 0. The standard InChI is InChI=1S/C6H7N2.C2H6.Rb/c1-2-6-3-4-7-5-8-6;1-2;/h3-4H,2H2,1H3;1-2H3;/q-1;;+1. The summed E-state index contributed by atoms with van der Waals surface area (Å²) in [7, 11) is 0. The van der Waals surface area contributed by atoms with Gasteiger partial charge in [-0.1, -0.05) is 39.1 Å². The maximum atomic E-state index is 3.86. The van der Waals surface area contributed by atoms with Crippen molar-refractivity contribution in [2.24, 2.45) is 0 Å². The number of rotatable bonds is 1. The summed E-state index contributed by atoms with van der Waals surface area (Å²) in [5, 5.41) is 0. The molecule has 56 valence electrons. The Bertz CT molecular complexity index is 153. The predicted octanol–water partition coefficient (Wildman–Crippen LogP) is -1.13. The Balaban J connectivity index is 0. The molecule has 0 atom stereocenters. The maximum absolute atomic E-state index is 3.86. The van der Waals surface area contributed by atoms with Gasteiger partial charge in [0, 0.05) is 6.33 Å². The van der Waals surface area contributed by atoms with Gasteiger partial charge < -0.3 is 9.97 Å². The fraction of sp³-hybridized carbons (Fsp3) is 0.500. The zero-order valence-corrected chi connectivity index (χ0v) is 12.7. The minimum Gasteiger partial charge on any atom is -0.374 e. The largest absolute Gasteiger partial charge is 1.00 e. The minimum absolute atomic E-state index is 0. The molecule has 3 heteroatoms. The van der Waals surface area contributed by atoms with Gasteiger partial charge in [0.1, 0.15) is 0 Å². The average Bonchev–Trinajstić information content (AvgIpc) is 2.10. The van der Waals surface area contributed by atoms with Crippen LogP contribution < -0.4 is 58.2 Å². The zero-order chi connectivity index (χ0) is 7.82. The van der Waals surface area contributed by atoms with Crippen molar-refractivity contribution in [3.8, 4) is 0 Å². The van der Waals surface area contributed by atoms with Gasteiger partial charge in [-0.25, -0.2) is 0 Å². The van der Waals surface area contributed by atoms with Crippen molar-refractivity contribution in [2.45, 2.75) is 27.2 Å². The molecule has 0 aromatic carbocycles. The normalized spacial score (nSPS) is 7.18. The van der Waals surface area contributed by atoms with Gasteiger partial charge in [0.15, 0.2) is 0 Å². The summed E-state index contributed by atoms with van der Waals surface area (Å²) >= 11 is 0. The van der Waals surface area contributed by atoms with Crippen LogP contribution in [0.25, 0.3) is 0 Å². The van der Waals surface area contributed by atoms with Crippen molar-refractivity contribution >= 4 is 0 Å². The molecule has 0 aliphatic carbocycles. The van der Waals surface area contributed by atoms with Crippen molar-refractivity contribution in [1.82, 2.24) is 9.97 Å². The third-order valence-corrected chi connectivity index (χ3v) is 0.955. The van der Waals surface area contributed by atoms with Crippen LogP contribution in [-0.2, 0) is 6.42 Å². The van der Waals surface area contributed by atoms with Crippen LogP contribution in [0.2, 0.25) is 0 Å². The first kappa shape index (κ1) is 14.4. The smallest absolute Gasteiger partial charge is 0.374 e. The fourth-order valence-electron chi connectivity index (χ4n) is 0.484. The Labute approximate surface area is 118 Å². The van der Waals surface area contributed by atoms with Crippen molar-refractivity contribution in [2.75, 3.05) is 0 Å². The molecule has 0 spiro atoms. The Kier molecular flexibility index (Phi) is 14.3. The van der Waals surface area contributed by atoms with Crippen LogP contribution in [0.4, 0.5) is 0 Å². The van der Waals surface area contributed by atoms with E-state index in [2.05, 4.69) is 23.2 Å². The maximum Gasteiger partial charge on any atom is 1.00 e. The van der Waals surface area contributed by atoms with E-state index in [9.17, 15) is 0 Å². The predicted molar refractivity (Wildman–Crippen MR) is 41.6 cm³/mol. The van der Waals surface area contributed by atoms with Gasteiger partial charge >= 0.3 is 58.2 Å². The average molecular weight is 223 g/mol. The molecule has 0 N–H and O–H groups in total. The van der Waals surface area contributed by atoms with Gasteiger partial charge in [0.05, 0.1) is 0 Å². The molecule has 0 amide bonds. The SMILES string of the molecule is CC.CCc1ccn[c-]n1.[Rb+]. The molecule has 0 aliphatic rings. The van der Waals surface area contributed by atoms with E-state index in [0.717, 1.165) is 12.1 Å². The van der Waals surface area contributed by atoms with Crippen molar-refractivity contribution in [3.63, 3.8) is 0 Å². The minimum atomic E-state index is 0. The summed E-state index contributed by atoms with van der Waals surface area (Å²) in [4.78, 5) is 7.52. The zero-order valence-electron chi connectivity index (χ0n) is 7.76. The first-order chi connectivity index (χ1) is 4.93. The quantitative estimate of drug-likeness (QED) is 0.562. The number of nitrogens with zero attached hydrogens (tertiary/aromatic N) is 2. The van der Waals surface area contributed by atoms with Gasteiger partial charge in [-0.15, -0.1) is 6.07 Å². The van der Waals surface area contributed by atoms with E-state index in [1.54, 1.807) is 6.20 Å². The van der Waals surface area contributed by atoms with Crippen LogP contribution in [0.1, 0.15) is 26.5 Å². The van der Waals surface area contributed by atoms with E-state index in [1.807, 2.05) is 19.9 Å². The van der Waals surface area contributed by atoms with Crippen molar-refractivity contribution < 1.29 is 58.2 Å². The topological polar surface area (TPSA) is 25.8 Å².